The van der Waals surface area contributed by atoms with Crippen LogP contribution in [0.15, 0.2) is 0 Å². The second kappa shape index (κ2) is 6.68. The first-order valence-corrected chi connectivity index (χ1v) is 7.82. The molecule has 2 heteroatoms. The Bertz CT molecular complexity index is 260. The summed E-state index contributed by atoms with van der Waals surface area (Å²) in [5.41, 5.74) is 0. The average molecular weight is 254 g/mol. The first-order chi connectivity index (χ1) is 8.65. The average Bonchev–Trinajstić information content (AvgIpc) is 2.38. The molecule has 0 spiro atoms. The second-order valence-electron chi connectivity index (χ2n) is 6.58. The van der Waals surface area contributed by atoms with Gasteiger partial charge in [0, 0.05) is 12.3 Å². The number of halogens is 1. The van der Waals surface area contributed by atoms with Crippen LogP contribution in [0.4, 0.5) is 4.39 Å². The zero-order valence-corrected chi connectivity index (χ0v) is 11.7. The van der Waals surface area contributed by atoms with Crippen LogP contribution in [-0.2, 0) is 4.79 Å². The van der Waals surface area contributed by atoms with Gasteiger partial charge >= 0.3 is 0 Å². The van der Waals surface area contributed by atoms with Gasteiger partial charge in [-0.2, -0.15) is 0 Å². The standard InChI is InChI=1S/C16H27FO/c1-12-2-7-14(8-3-12)16(18)11-6-13-4-9-15(17)10-5-13/h12-15H,2-11H2,1H3. The first kappa shape index (κ1) is 14.0. The van der Waals surface area contributed by atoms with Crippen molar-refractivity contribution in [1.82, 2.24) is 0 Å². The molecule has 2 aliphatic rings. The van der Waals surface area contributed by atoms with E-state index in [2.05, 4.69) is 6.92 Å². The number of alkyl halides is 1. The molecular formula is C16H27FO. The maximum Gasteiger partial charge on any atom is 0.135 e. The van der Waals surface area contributed by atoms with E-state index in [4.69, 9.17) is 0 Å². The lowest BCUT2D eigenvalue weighted by atomic mass is 9.78. The van der Waals surface area contributed by atoms with Crippen molar-refractivity contribution in [1.29, 1.82) is 0 Å². The first-order valence-electron chi connectivity index (χ1n) is 7.82. The lowest BCUT2D eigenvalue weighted by molar-refractivity contribution is -0.124. The lowest BCUT2D eigenvalue weighted by Gasteiger charge is -2.27. The van der Waals surface area contributed by atoms with Crippen molar-refractivity contribution in [2.75, 3.05) is 0 Å². The Morgan fingerprint density at radius 1 is 1.00 bits per heavy atom. The molecular weight excluding hydrogens is 227 g/mol. The minimum absolute atomic E-state index is 0.346. The molecule has 0 radical (unpaired) electrons. The van der Waals surface area contributed by atoms with E-state index >= 15 is 0 Å². The molecule has 0 aromatic rings. The summed E-state index contributed by atoms with van der Waals surface area (Å²) in [5.74, 6) is 2.26. The minimum atomic E-state index is -0.572. The predicted octanol–water partition coefficient (Wildman–Crippen LogP) is 4.69. The van der Waals surface area contributed by atoms with Gasteiger partial charge in [0.15, 0.2) is 0 Å². The van der Waals surface area contributed by atoms with E-state index < -0.39 is 6.17 Å². The molecule has 104 valence electrons. The third-order valence-electron chi connectivity index (χ3n) is 5.05. The summed E-state index contributed by atoms with van der Waals surface area (Å²) in [6, 6.07) is 0. The van der Waals surface area contributed by atoms with E-state index in [1.54, 1.807) is 0 Å². The van der Waals surface area contributed by atoms with Crippen LogP contribution in [0, 0.1) is 17.8 Å². The molecule has 2 rings (SSSR count). The summed E-state index contributed by atoms with van der Waals surface area (Å²) in [6.45, 7) is 2.29. The number of Topliss-reactive ketones (excluding diaryl/α,β-unsaturated/α-hetero) is 1. The monoisotopic (exact) mass is 254 g/mol. The van der Waals surface area contributed by atoms with Crippen LogP contribution in [-0.4, -0.2) is 12.0 Å². The van der Waals surface area contributed by atoms with Crippen molar-refractivity contribution >= 4 is 5.78 Å². The SMILES string of the molecule is CC1CCC(C(=O)CCC2CCC(F)CC2)CC1. The Morgan fingerprint density at radius 3 is 2.22 bits per heavy atom. The fraction of sp³-hybridized carbons (Fsp3) is 0.938. The molecule has 18 heavy (non-hydrogen) atoms. The maximum absolute atomic E-state index is 13.0. The smallest absolute Gasteiger partial charge is 0.135 e. The lowest BCUT2D eigenvalue weighted by Crippen LogP contribution is -2.22. The van der Waals surface area contributed by atoms with Gasteiger partial charge in [-0.25, -0.2) is 4.39 Å². The van der Waals surface area contributed by atoms with Crippen molar-refractivity contribution in [3.63, 3.8) is 0 Å². The van der Waals surface area contributed by atoms with E-state index in [1.807, 2.05) is 0 Å². The summed E-state index contributed by atoms with van der Waals surface area (Å²) in [5, 5.41) is 0. The highest BCUT2D eigenvalue weighted by atomic mass is 19.1. The molecule has 0 aromatic heterocycles. The Hall–Kier alpha value is -0.400. The molecule has 0 amide bonds. The van der Waals surface area contributed by atoms with Crippen LogP contribution in [0.1, 0.15) is 71.1 Å². The van der Waals surface area contributed by atoms with Gasteiger partial charge < -0.3 is 0 Å². The van der Waals surface area contributed by atoms with Crippen LogP contribution in [0.5, 0.6) is 0 Å². The largest absolute Gasteiger partial charge is 0.299 e. The summed E-state index contributed by atoms with van der Waals surface area (Å²) in [6.07, 6.45) is 9.29. The zero-order valence-electron chi connectivity index (χ0n) is 11.7. The topological polar surface area (TPSA) is 17.1 Å². The maximum atomic E-state index is 13.0. The Morgan fingerprint density at radius 2 is 1.61 bits per heavy atom. The summed E-state index contributed by atoms with van der Waals surface area (Å²) < 4.78 is 13.0. The normalized spacial score (nSPS) is 37.4. The molecule has 1 nitrogen and oxygen atoms in total. The molecule has 0 aromatic carbocycles. The Balaban J connectivity index is 1.65. The fourth-order valence-corrected chi connectivity index (χ4v) is 3.54. The highest BCUT2D eigenvalue weighted by molar-refractivity contribution is 5.81. The van der Waals surface area contributed by atoms with Gasteiger partial charge in [0.1, 0.15) is 12.0 Å². The van der Waals surface area contributed by atoms with Crippen molar-refractivity contribution in [2.45, 2.75) is 77.3 Å². The zero-order chi connectivity index (χ0) is 13.0. The van der Waals surface area contributed by atoms with Crippen LogP contribution >= 0.6 is 0 Å². The van der Waals surface area contributed by atoms with E-state index in [1.165, 1.54) is 12.8 Å². The molecule has 0 unspecified atom stereocenters. The summed E-state index contributed by atoms with van der Waals surface area (Å²) in [4.78, 5) is 12.1. The fourth-order valence-electron chi connectivity index (χ4n) is 3.54. The number of ketones is 1. The van der Waals surface area contributed by atoms with Gasteiger partial charge in [-0.1, -0.05) is 19.8 Å². The van der Waals surface area contributed by atoms with Crippen LogP contribution in [0.2, 0.25) is 0 Å². The number of hydrogen-bond donors (Lipinski definition) is 0. The van der Waals surface area contributed by atoms with E-state index in [0.29, 0.717) is 17.6 Å². The molecule has 0 aliphatic heterocycles. The van der Waals surface area contributed by atoms with Crippen LogP contribution in [0.25, 0.3) is 0 Å². The van der Waals surface area contributed by atoms with E-state index in [0.717, 1.165) is 57.3 Å². The molecule has 2 saturated carbocycles. The van der Waals surface area contributed by atoms with Gasteiger partial charge in [0.2, 0.25) is 0 Å². The molecule has 0 atom stereocenters. The molecule has 2 fully saturated rings. The number of rotatable bonds is 4. The van der Waals surface area contributed by atoms with Gasteiger partial charge in [-0.15, -0.1) is 0 Å². The minimum Gasteiger partial charge on any atom is -0.299 e. The number of carbonyl (C=O) groups is 1. The molecule has 0 bridgehead atoms. The highest BCUT2D eigenvalue weighted by Gasteiger charge is 2.26. The van der Waals surface area contributed by atoms with Crippen LogP contribution < -0.4 is 0 Å². The van der Waals surface area contributed by atoms with E-state index in [9.17, 15) is 9.18 Å². The predicted molar refractivity (Wildman–Crippen MR) is 72.2 cm³/mol. The molecule has 2 aliphatic carbocycles. The van der Waals surface area contributed by atoms with Gasteiger partial charge in [-0.3, -0.25) is 4.79 Å². The van der Waals surface area contributed by atoms with Crippen molar-refractivity contribution in [3.05, 3.63) is 0 Å². The Kier molecular flexibility index (Phi) is 5.20. The van der Waals surface area contributed by atoms with Gasteiger partial charge in [0.05, 0.1) is 0 Å². The number of carbonyl (C=O) groups excluding carboxylic acids is 1. The molecule has 0 saturated heterocycles. The summed E-state index contributed by atoms with van der Waals surface area (Å²) in [7, 11) is 0. The highest BCUT2D eigenvalue weighted by Crippen LogP contribution is 2.32. The van der Waals surface area contributed by atoms with Crippen LogP contribution in [0.3, 0.4) is 0 Å². The molecule has 0 N–H and O–H groups in total. The third kappa shape index (κ3) is 4.07. The quantitative estimate of drug-likeness (QED) is 0.711. The van der Waals surface area contributed by atoms with Crippen molar-refractivity contribution in [2.24, 2.45) is 17.8 Å². The van der Waals surface area contributed by atoms with E-state index in [-0.39, 0.29) is 0 Å². The third-order valence-corrected chi connectivity index (χ3v) is 5.05. The Labute approximate surface area is 111 Å². The van der Waals surface area contributed by atoms with Gasteiger partial charge in [0.25, 0.3) is 0 Å². The molecule has 0 heterocycles. The van der Waals surface area contributed by atoms with Crippen molar-refractivity contribution in [3.8, 4) is 0 Å². The summed E-state index contributed by atoms with van der Waals surface area (Å²) >= 11 is 0. The van der Waals surface area contributed by atoms with Gasteiger partial charge in [-0.05, 0) is 56.8 Å². The second-order valence-corrected chi connectivity index (χ2v) is 6.58. The van der Waals surface area contributed by atoms with Crippen molar-refractivity contribution < 1.29 is 9.18 Å². The number of hydrogen-bond acceptors (Lipinski definition) is 1.